The van der Waals surface area contributed by atoms with E-state index >= 15 is 0 Å². The summed E-state index contributed by atoms with van der Waals surface area (Å²) in [4.78, 5) is 26.3. The van der Waals surface area contributed by atoms with Gasteiger partial charge in [0.1, 0.15) is 11.5 Å². The molecule has 0 bridgehead atoms. The van der Waals surface area contributed by atoms with E-state index in [2.05, 4.69) is 0 Å². The SMILES string of the molecule is Nc1cccc(C(=O)Oc2ccc3ccccc3c2Cc2c(OC(=O)c3cccc(N)c3)ccc3ccccc23)c1. The Morgan fingerprint density at radius 2 is 0.951 bits per heavy atom. The van der Waals surface area contributed by atoms with Gasteiger partial charge in [-0.2, -0.15) is 0 Å². The molecule has 0 atom stereocenters. The zero-order valence-electron chi connectivity index (χ0n) is 22.0. The number of esters is 2. The predicted molar refractivity (Wildman–Crippen MR) is 162 cm³/mol. The Labute approximate surface area is 236 Å². The van der Waals surface area contributed by atoms with E-state index in [4.69, 9.17) is 20.9 Å². The predicted octanol–water partition coefficient (Wildman–Crippen LogP) is 7.19. The van der Waals surface area contributed by atoms with Crippen LogP contribution < -0.4 is 20.9 Å². The minimum absolute atomic E-state index is 0.335. The molecule has 6 nitrogen and oxygen atoms in total. The molecule has 0 fully saturated rings. The average Bonchev–Trinajstić information content (AvgIpc) is 2.99. The molecule has 6 aromatic rings. The largest absolute Gasteiger partial charge is 0.423 e. The maximum Gasteiger partial charge on any atom is 0.343 e. The second-order valence-electron chi connectivity index (χ2n) is 9.73. The lowest BCUT2D eigenvalue weighted by atomic mass is 9.93. The number of rotatable bonds is 6. The van der Waals surface area contributed by atoms with E-state index in [1.807, 2.05) is 60.7 Å². The van der Waals surface area contributed by atoms with Crippen LogP contribution in [0.2, 0.25) is 0 Å². The molecule has 0 aliphatic rings. The van der Waals surface area contributed by atoms with Crippen LogP contribution in [-0.4, -0.2) is 11.9 Å². The topological polar surface area (TPSA) is 105 Å². The third kappa shape index (κ3) is 5.31. The number of carbonyl (C=O) groups excluding carboxylic acids is 2. The molecule has 0 amide bonds. The zero-order valence-corrected chi connectivity index (χ0v) is 22.0. The molecule has 4 N–H and O–H groups in total. The van der Waals surface area contributed by atoms with Gasteiger partial charge in [0.2, 0.25) is 0 Å². The van der Waals surface area contributed by atoms with Crippen LogP contribution in [0.15, 0.2) is 121 Å². The van der Waals surface area contributed by atoms with Crippen molar-refractivity contribution < 1.29 is 19.1 Å². The molecule has 0 heterocycles. The van der Waals surface area contributed by atoms with Crippen molar-refractivity contribution in [1.82, 2.24) is 0 Å². The lowest BCUT2D eigenvalue weighted by Gasteiger charge is -2.17. The zero-order chi connectivity index (χ0) is 28.3. The van der Waals surface area contributed by atoms with Crippen molar-refractivity contribution >= 4 is 44.9 Å². The van der Waals surface area contributed by atoms with Gasteiger partial charge in [0, 0.05) is 28.9 Å². The van der Waals surface area contributed by atoms with E-state index in [0.717, 1.165) is 32.7 Å². The van der Waals surface area contributed by atoms with Crippen LogP contribution in [0.1, 0.15) is 31.8 Å². The summed E-state index contributed by atoms with van der Waals surface area (Å²) in [5.41, 5.74) is 15.0. The van der Waals surface area contributed by atoms with Gasteiger partial charge in [-0.05, 0) is 70.1 Å². The smallest absolute Gasteiger partial charge is 0.343 e. The highest BCUT2D eigenvalue weighted by molar-refractivity contribution is 5.96. The Bertz CT molecular complexity index is 1810. The van der Waals surface area contributed by atoms with Crippen molar-refractivity contribution in [2.75, 3.05) is 11.5 Å². The van der Waals surface area contributed by atoms with Crippen LogP contribution in [0.25, 0.3) is 21.5 Å². The van der Waals surface area contributed by atoms with E-state index in [1.54, 1.807) is 60.7 Å². The van der Waals surface area contributed by atoms with Gasteiger partial charge < -0.3 is 20.9 Å². The fourth-order valence-corrected chi connectivity index (χ4v) is 5.01. The summed E-state index contributed by atoms with van der Waals surface area (Å²) in [6, 6.07) is 36.6. The highest BCUT2D eigenvalue weighted by Crippen LogP contribution is 2.37. The van der Waals surface area contributed by atoms with Crippen molar-refractivity contribution in [3.8, 4) is 11.5 Å². The Hall–Kier alpha value is -5.62. The number of hydrogen-bond acceptors (Lipinski definition) is 6. The highest BCUT2D eigenvalue weighted by atomic mass is 16.5. The molecular formula is C35H26N2O4. The van der Waals surface area contributed by atoms with Gasteiger partial charge >= 0.3 is 11.9 Å². The average molecular weight is 539 g/mol. The van der Waals surface area contributed by atoms with E-state index < -0.39 is 11.9 Å². The van der Waals surface area contributed by atoms with Crippen molar-refractivity contribution in [1.29, 1.82) is 0 Å². The second-order valence-corrected chi connectivity index (χ2v) is 9.73. The van der Waals surface area contributed by atoms with Crippen molar-refractivity contribution in [3.63, 3.8) is 0 Å². The van der Waals surface area contributed by atoms with Gasteiger partial charge in [-0.15, -0.1) is 0 Å². The van der Waals surface area contributed by atoms with Crippen LogP contribution >= 0.6 is 0 Å². The first-order valence-electron chi connectivity index (χ1n) is 13.1. The Kier molecular flexibility index (Phi) is 6.80. The lowest BCUT2D eigenvalue weighted by Crippen LogP contribution is -2.12. The summed E-state index contributed by atoms with van der Waals surface area (Å²) in [6.45, 7) is 0. The molecule has 0 radical (unpaired) electrons. The quantitative estimate of drug-likeness (QED) is 0.132. The molecule has 41 heavy (non-hydrogen) atoms. The van der Waals surface area contributed by atoms with Crippen LogP contribution in [0.3, 0.4) is 0 Å². The summed E-state index contributed by atoms with van der Waals surface area (Å²) in [5, 5.41) is 3.83. The van der Waals surface area contributed by atoms with Crippen LogP contribution in [0, 0.1) is 0 Å². The van der Waals surface area contributed by atoms with Gasteiger partial charge in [-0.25, -0.2) is 9.59 Å². The van der Waals surface area contributed by atoms with Crippen molar-refractivity contribution in [2.45, 2.75) is 6.42 Å². The number of ether oxygens (including phenoxy) is 2. The number of hydrogen-bond donors (Lipinski definition) is 2. The summed E-state index contributed by atoms with van der Waals surface area (Å²) in [7, 11) is 0. The summed E-state index contributed by atoms with van der Waals surface area (Å²) in [6.07, 6.45) is 0.335. The van der Waals surface area contributed by atoms with Gasteiger partial charge in [-0.1, -0.05) is 72.8 Å². The molecule has 6 heteroatoms. The Morgan fingerprint density at radius 3 is 1.39 bits per heavy atom. The van der Waals surface area contributed by atoms with Crippen LogP contribution in [0.5, 0.6) is 11.5 Å². The molecule has 200 valence electrons. The normalized spacial score (nSPS) is 10.9. The van der Waals surface area contributed by atoms with Crippen molar-refractivity contribution in [3.05, 3.63) is 144 Å². The molecule has 0 saturated heterocycles. The second kappa shape index (κ2) is 10.9. The summed E-state index contributed by atoms with van der Waals surface area (Å²) in [5.74, 6) is -0.200. The number of fused-ring (bicyclic) bond motifs is 2. The minimum atomic E-state index is -0.514. The van der Waals surface area contributed by atoms with Gasteiger partial charge in [-0.3, -0.25) is 0 Å². The number of anilines is 2. The number of carbonyl (C=O) groups is 2. The van der Waals surface area contributed by atoms with Crippen LogP contribution in [0.4, 0.5) is 11.4 Å². The Balaban J connectivity index is 1.46. The minimum Gasteiger partial charge on any atom is -0.423 e. The molecule has 0 spiro atoms. The number of nitrogen functional groups attached to an aromatic ring is 2. The first kappa shape index (κ1) is 25.6. The molecule has 0 aromatic heterocycles. The first-order valence-corrected chi connectivity index (χ1v) is 13.1. The van der Waals surface area contributed by atoms with Gasteiger partial charge in [0.25, 0.3) is 0 Å². The summed E-state index contributed by atoms with van der Waals surface area (Å²) >= 11 is 0. The van der Waals surface area contributed by atoms with E-state index in [0.29, 0.717) is 40.4 Å². The monoisotopic (exact) mass is 538 g/mol. The molecule has 0 aliphatic carbocycles. The van der Waals surface area contributed by atoms with E-state index in [9.17, 15) is 9.59 Å². The number of benzene rings is 6. The fraction of sp³-hybridized carbons (Fsp3) is 0.0286. The molecular weight excluding hydrogens is 512 g/mol. The van der Waals surface area contributed by atoms with E-state index in [-0.39, 0.29) is 0 Å². The first-order chi connectivity index (χ1) is 20.0. The molecule has 0 unspecified atom stereocenters. The maximum atomic E-state index is 13.2. The summed E-state index contributed by atoms with van der Waals surface area (Å²) < 4.78 is 11.9. The number of nitrogens with two attached hydrogens (primary N) is 2. The van der Waals surface area contributed by atoms with Gasteiger partial charge in [0.05, 0.1) is 11.1 Å². The molecule has 0 aliphatic heterocycles. The standard InChI is InChI=1S/C35H26N2O4/c36-26-11-5-9-24(19-26)34(38)40-32-17-15-22-7-1-3-13-28(22)30(32)21-31-29-14-4-2-8-23(29)16-18-33(31)41-35(39)25-10-6-12-27(37)20-25/h1-20H,21,36-37H2. The fourth-order valence-electron chi connectivity index (χ4n) is 5.01. The molecule has 0 saturated carbocycles. The maximum absolute atomic E-state index is 13.2. The molecule has 6 aromatic carbocycles. The lowest BCUT2D eigenvalue weighted by molar-refractivity contribution is 0.0726. The third-order valence-electron chi connectivity index (χ3n) is 7.00. The van der Waals surface area contributed by atoms with E-state index in [1.165, 1.54) is 0 Å². The molecule has 6 rings (SSSR count). The van der Waals surface area contributed by atoms with Gasteiger partial charge in [0.15, 0.2) is 0 Å². The Morgan fingerprint density at radius 1 is 0.512 bits per heavy atom. The van der Waals surface area contributed by atoms with Crippen LogP contribution in [-0.2, 0) is 6.42 Å². The third-order valence-corrected chi connectivity index (χ3v) is 7.00. The van der Waals surface area contributed by atoms with Crippen molar-refractivity contribution in [2.24, 2.45) is 0 Å². The highest BCUT2D eigenvalue weighted by Gasteiger charge is 2.20.